The summed E-state index contributed by atoms with van der Waals surface area (Å²) in [6.45, 7) is 3.00. The van der Waals surface area contributed by atoms with Crippen molar-refractivity contribution >= 4 is 17.4 Å². The summed E-state index contributed by atoms with van der Waals surface area (Å²) >= 11 is 0. The van der Waals surface area contributed by atoms with Gasteiger partial charge in [-0.1, -0.05) is 48.5 Å². The number of ether oxygens (including phenoxy) is 1. The zero-order valence-electron chi connectivity index (χ0n) is 17.4. The molecule has 0 saturated carbocycles. The fourth-order valence-corrected chi connectivity index (χ4v) is 3.56. The van der Waals surface area contributed by atoms with Gasteiger partial charge >= 0.3 is 0 Å². The van der Waals surface area contributed by atoms with E-state index in [9.17, 15) is 4.79 Å². The number of carbonyl (C=O) groups excluding carboxylic acids is 1. The Morgan fingerprint density at radius 1 is 0.906 bits per heavy atom. The molecular formula is C24H22N6O2. The van der Waals surface area contributed by atoms with Gasteiger partial charge in [-0.05, 0) is 24.3 Å². The maximum atomic E-state index is 12.9. The van der Waals surface area contributed by atoms with Gasteiger partial charge in [-0.2, -0.15) is 0 Å². The van der Waals surface area contributed by atoms with E-state index in [-0.39, 0.29) is 5.82 Å². The first-order valence-electron chi connectivity index (χ1n) is 10.5. The molecule has 32 heavy (non-hydrogen) atoms. The molecule has 8 nitrogen and oxygen atoms in total. The molecule has 1 aliphatic heterocycles. The Bertz CT molecular complexity index is 1130. The third kappa shape index (κ3) is 4.21. The van der Waals surface area contributed by atoms with Crippen LogP contribution >= 0.6 is 0 Å². The van der Waals surface area contributed by atoms with Gasteiger partial charge in [-0.3, -0.25) is 4.79 Å². The Hall–Kier alpha value is -4.04. The van der Waals surface area contributed by atoms with Crippen LogP contribution in [0.25, 0.3) is 17.1 Å². The van der Waals surface area contributed by atoms with Crippen molar-refractivity contribution in [1.82, 2.24) is 19.7 Å². The van der Waals surface area contributed by atoms with Gasteiger partial charge in [0.05, 0.1) is 30.8 Å². The molecule has 1 fully saturated rings. The molecule has 160 valence electrons. The average molecular weight is 426 g/mol. The third-order valence-corrected chi connectivity index (χ3v) is 5.18. The standard InChI is InChI=1S/C24H22N6O2/c31-24(26-19-11-12-21(25-17-19)29-13-15-32-16-14-29)22-27-23(18-7-3-1-4-8-18)30(28-22)20-9-5-2-6-10-20/h1-12,17H,13-16H2,(H,26,31). The van der Waals surface area contributed by atoms with Gasteiger partial charge in [-0.25, -0.2) is 14.6 Å². The van der Waals surface area contributed by atoms with Gasteiger partial charge in [0.2, 0.25) is 5.82 Å². The van der Waals surface area contributed by atoms with Crippen LogP contribution in [0.4, 0.5) is 11.5 Å². The number of carbonyl (C=O) groups is 1. The minimum absolute atomic E-state index is 0.0879. The first-order chi connectivity index (χ1) is 15.8. The summed E-state index contributed by atoms with van der Waals surface area (Å²) in [5.41, 5.74) is 2.29. The number of anilines is 2. The van der Waals surface area contributed by atoms with Crippen molar-refractivity contribution in [2.45, 2.75) is 0 Å². The lowest BCUT2D eigenvalue weighted by atomic mass is 10.2. The predicted octanol–water partition coefficient (Wildman–Crippen LogP) is 3.42. The van der Waals surface area contributed by atoms with Gasteiger partial charge in [0.1, 0.15) is 5.82 Å². The molecule has 1 aliphatic rings. The maximum Gasteiger partial charge on any atom is 0.295 e. The highest BCUT2D eigenvalue weighted by Gasteiger charge is 2.19. The van der Waals surface area contributed by atoms with Crippen molar-refractivity contribution in [3.8, 4) is 17.1 Å². The van der Waals surface area contributed by atoms with E-state index in [4.69, 9.17) is 4.74 Å². The second-order valence-corrected chi connectivity index (χ2v) is 7.33. The summed E-state index contributed by atoms with van der Waals surface area (Å²) in [6, 6.07) is 23.1. The van der Waals surface area contributed by atoms with Gasteiger partial charge in [0.25, 0.3) is 5.91 Å². The molecule has 2 aromatic heterocycles. The summed E-state index contributed by atoms with van der Waals surface area (Å²) in [7, 11) is 0. The Labute approximate surface area is 185 Å². The molecule has 0 bridgehead atoms. The fraction of sp³-hybridized carbons (Fsp3) is 0.167. The molecule has 4 aromatic rings. The Morgan fingerprint density at radius 3 is 2.31 bits per heavy atom. The normalized spacial score (nSPS) is 13.7. The molecule has 0 unspecified atom stereocenters. The Morgan fingerprint density at radius 2 is 1.62 bits per heavy atom. The van der Waals surface area contributed by atoms with Crippen LogP contribution in [0.5, 0.6) is 0 Å². The summed E-state index contributed by atoms with van der Waals surface area (Å²) in [6.07, 6.45) is 1.65. The lowest BCUT2D eigenvalue weighted by Crippen LogP contribution is -2.36. The quantitative estimate of drug-likeness (QED) is 0.526. The highest BCUT2D eigenvalue weighted by Crippen LogP contribution is 2.22. The van der Waals surface area contributed by atoms with Crippen molar-refractivity contribution in [1.29, 1.82) is 0 Å². The number of para-hydroxylation sites is 1. The maximum absolute atomic E-state index is 12.9. The van der Waals surface area contributed by atoms with E-state index < -0.39 is 5.91 Å². The van der Waals surface area contributed by atoms with Gasteiger partial charge in [-0.15, -0.1) is 5.10 Å². The number of aromatic nitrogens is 4. The smallest absolute Gasteiger partial charge is 0.295 e. The van der Waals surface area contributed by atoms with E-state index in [1.807, 2.05) is 72.8 Å². The van der Waals surface area contributed by atoms with Crippen molar-refractivity contribution in [2.24, 2.45) is 0 Å². The largest absolute Gasteiger partial charge is 0.378 e. The van der Waals surface area contributed by atoms with Crippen LogP contribution in [-0.2, 0) is 4.74 Å². The van der Waals surface area contributed by atoms with Crippen LogP contribution in [0.2, 0.25) is 0 Å². The zero-order chi connectivity index (χ0) is 21.8. The van der Waals surface area contributed by atoms with Crippen molar-refractivity contribution in [3.63, 3.8) is 0 Å². The second-order valence-electron chi connectivity index (χ2n) is 7.33. The Kier molecular flexibility index (Phi) is 5.59. The molecule has 5 rings (SSSR count). The topological polar surface area (TPSA) is 85.2 Å². The minimum Gasteiger partial charge on any atom is -0.378 e. The predicted molar refractivity (Wildman–Crippen MR) is 122 cm³/mol. The van der Waals surface area contributed by atoms with Crippen LogP contribution in [0.1, 0.15) is 10.6 Å². The van der Waals surface area contributed by atoms with Gasteiger partial charge < -0.3 is 15.0 Å². The number of nitrogens with one attached hydrogen (secondary N) is 1. The lowest BCUT2D eigenvalue weighted by Gasteiger charge is -2.27. The number of hydrogen-bond acceptors (Lipinski definition) is 6. The van der Waals surface area contributed by atoms with E-state index >= 15 is 0 Å². The van der Waals surface area contributed by atoms with Crippen LogP contribution in [-0.4, -0.2) is 52.0 Å². The van der Waals surface area contributed by atoms with Crippen LogP contribution in [0.3, 0.4) is 0 Å². The van der Waals surface area contributed by atoms with Crippen molar-refractivity contribution in [3.05, 3.63) is 84.8 Å². The zero-order valence-corrected chi connectivity index (χ0v) is 17.4. The summed E-state index contributed by atoms with van der Waals surface area (Å²) in [5.74, 6) is 1.16. The van der Waals surface area contributed by atoms with Crippen LogP contribution < -0.4 is 10.2 Å². The third-order valence-electron chi connectivity index (χ3n) is 5.18. The Balaban J connectivity index is 1.39. The summed E-state index contributed by atoms with van der Waals surface area (Å²) < 4.78 is 7.06. The highest BCUT2D eigenvalue weighted by molar-refractivity contribution is 6.01. The second kappa shape index (κ2) is 8.99. The van der Waals surface area contributed by atoms with Crippen LogP contribution in [0, 0.1) is 0 Å². The molecule has 0 aliphatic carbocycles. The van der Waals surface area contributed by atoms with Crippen LogP contribution in [0.15, 0.2) is 79.0 Å². The molecular weight excluding hydrogens is 404 g/mol. The monoisotopic (exact) mass is 426 g/mol. The first-order valence-corrected chi connectivity index (χ1v) is 10.5. The number of benzene rings is 2. The number of rotatable bonds is 5. The molecule has 1 N–H and O–H groups in total. The SMILES string of the molecule is O=C(Nc1ccc(N2CCOCC2)nc1)c1nc(-c2ccccc2)n(-c2ccccc2)n1. The first kappa shape index (κ1) is 19.9. The number of hydrogen-bond donors (Lipinski definition) is 1. The fourth-order valence-electron chi connectivity index (χ4n) is 3.56. The molecule has 1 saturated heterocycles. The van der Waals surface area contributed by atoms with E-state index in [0.717, 1.165) is 30.2 Å². The number of nitrogens with zero attached hydrogens (tertiary/aromatic N) is 5. The minimum atomic E-state index is -0.391. The molecule has 0 spiro atoms. The highest BCUT2D eigenvalue weighted by atomic mass is 16.5. The number of pyridine rings is 1. The van der Waals surface area contributed by atoms with E-state index in [2.05, 4.69) is 25.3 Å². The molecule has 2 aromatic carbocycles. The van der Waals surface area contributed by atoms with E-state index in [1.165, 1.54) is 0 Å². The summed E-state index contributed by atoms with van der Waals surface area (Å²) in [5, 5.41) is 7.34. The molecule has 0 atom stereocenters. The molecule has 8 heteroatoms. The number of amides is 1. The number of morpholine rings is 1. The average Bonchev–Trinajstić information content (AvgIpc) is 3.32. The van der Waals surface area contributed by atoms with Gasteiger partial charge in [0, 0.05) is 18.7 Å². The van der Waals surface area contributed by atoms with Crippen molar-refractivity contribution < 1.29 is 9.53 Å². The van der Waals surface area contributed by atoms with E-state index in [1.54, 1.807) is 10.9 Å². The lowest BCUT2D eigenvalue weighted by molar-refractivity contribution is 0.101. The molecule has 1 amide bonds. The van der Waals surface area contributed by atoms with Gasteiger partial charge in [0.15, 0.2) is 5.82 Å². The van der Waals surface area contributed by atoms with E-state index in [0.29, 0.717) is 24.7 Å². The molecule has 3 heterocycles. The summed E-state index contributed by atoms with van der Waals surface area (Å²) in [4.78, 5) is 24.1. The molecule has 0 radical (unpaired) electrons. The van der Waals surface area contributed by atoms with Crippen molar-refractivity contribution in [2.75, 3.05) is 36.5 Å².